The van der Waals surface area contributed by atoms with Crippen LogP contribution in [0.15, 0.2) is 18.2 Å². The van der Waals surface area contributed by atoms with Crippen LogP contribution in [0.5, 0.6) is 0 Å². The number of benzene rings is 1. The van der Waals surface area contributed by atoms with Crippen molar-refractivity contribution in [1.29, 1.82) is 0 Å². The molecule has 0 aromatic heterocycles. The number of rotatable bonds is 4. The molecule has 1 aromatic rings. The summed E-state index contributed by atoms with van der Waals surface area (Å²) in [6.07, 6.45) is 0. The predicted octanol–water partition coefficient (Wildman–Crippen LogP) is 0.817. The molecule has 0 aliphatic carbocycles. The van der Waals surface area contributed by atoms with Crippen LogP contribution in [0.2, 0.25) is 0 Å². The summed E-state index contributed by atoms with van der Waals surface area (Å²) < 4.78 is 13.5. The minimum absolute atomic E-state index is 0.0408. The Kier molecular flexibility index (Phi) is 5.44. The molecule has 0 aliphatic heterocycles. The van der Waals surface area contributed by atoms with Crippen molar-refractivity contribution in [3.63, 3.8) is 0 Å². The molecule has 0 spiro atoms. The van der Waals surface area contributed by atoms with Gasteiger partial charge in [-0.25, -0.2) is 4.39 Å². The average molecular weight is 268 g/mol. The SMILES string of the molecule is Cc1ccc(NC(=O)C(=O)NCC(C)CO)c(F)c1. The van der Waals surface area contributed by atoms with Crippen LogP contribution < -0.4 is 10.6 Å². The standard InChI is InChI=1S/C13H17FN2O3/c1-8-3-4-11(10(14)5-8)16-13(19)12(18)15-6-9(2)7-17/h3-5,9,17H,6-7H2,1-2H3,(H,15,18)(H,16,19). The van der Waals surface area contributed by atoms with Crippen molar-refractivity contribution in [2.24, 2.45) is 5.92 Å². The number of carbonyl (C=O) groups excluding carboxylic acids is 2. The second kappa shape index (κ2) is 6.84. The molecule has 1 unspecified atom stereocenters. The van der Waals surface area contributed by atoms with Gasteiger partial charge in [0, 0.05) is 13.2 Å². The highest BCUT2D eigenvalue weighted by molar-refractivity contribution is 6.39. The summed E-state index contributed by atoms with van der Waals surface area (Å²) in [6, 6.07) is 4.29. The highest BCUT2D eigenvalue weighted by Crippen LogP contribution is 2.14. The zero-order chi connectivity index (χ0) is 14.4. The first-order chi connectivity index (χ1) is 8.93. The molecule has 19 heavy (non-hydrogen) atoms. The number of aliphatic hydroxyl groups excluding tert-OH is 1. The van der Waals surface area contributed by atoms with E-state index < -0.39 is 17.6 Å². The summed E-state index contributed by atoms with van der Waals surface area (Å²) >= 11 is 0. The van der Waals surface area contributed by atoms with Crippen molar-refractivity contribution >= 4 is 17.5 Å². The van der Waals surface area contributed by atoms with E-state index in [2.05, 4.69) is 10.6 Å². The van der Waals surface area contributed by atoms with Crippen molar-refractivity contribution in [2.75, 3.05) is 18.5 Å². The fraction of sp³-hybridized carbons (Fsp3) is 0.385. The number of aryl methyl sites for hydroxylation is 1. The third-order valence-corrected chi connectivity index (χ3v) is 2.50. The quantitative estimate of drug-likeness (QED) is 0.707. The Morgan fingerprint density at radius 3 is 2.63 bits per heavy atom. The Morgan fingerprint density at radius 2 is 2.05 bits per heavy atom. The molecular weight excluding hydrogens is 251 g/mol. The number of anilines is 1. The van der Waals surface area contributed by atoms with Gasteiger partial charge in [-0.2, -0.15) is 0 Å². The van der Waals surface area contributed by atoms with Gasteiger partial charge in [0.05, 0.1) is 5.69 Å². The largest absolute Gasteiger partial charge is 0.396 e. The van der Waals surface area contributed by atoms with Gasteiger partial charge in [0.2, 0.25) is 0 Å². The van der Waals surface area contributed by atoms with Gasteiger partial charge in [-0.15, -0.1) is 0 Å². The Balaban J connectivity index is 2.56. The minimum atomic E-state index is -0.937. The van der Waals surface area contributed by atoms with Crippen LogP contribution >= 0.6 is 0 Å². The van der Waals surface area contributed by atoms with Crippen molar-refractivity contribution < 1.29 is 19.1 Å². The molecule has 1 rings (SSSR count). The van der Waals surface area contributed by atoms with Crippen LogP contribution in [0.1, 0.15) is 12.5 Å². The molecule has 0 fully saturated rings. The van der Waals surface area contributed by atoms with Crippen molar-refractivity contribution in [3.8, 4) is 0 Å². The Hall–Kier alpha value is -1.95. The Bertz CT molecular complexity index is 477. The number of amides is 2. The maximum absolute atomic E-state index is 13.5. The lowest BCUT2D eigenvalue weighted by molar-refractivity contribution is -0.136. The first-order valence-electron chi connectivity index (χ1n) is 5.90. The third kappa shape index (κ3) is 4.67. The summed E-state index contributed by atoms with van der Waals surface area (Å²) in [5.74, 6) is -2.54. The molecule has 0 saturated carbocycles. The van der Waals surface area contributed by atoms with E-state index in [1.165, 1.54) is 12.1 Å². The van der Waals surface area contributed by atoms with E-state index in [9.17, 15) is 14.0 Å². The Morgan fingerprint density at radius 1 is 1.37 bits per heavy atom. The predicted molar refractivity (Wildman–Crippen MR) is 69.0 cm³/mol. The normalized spacial score (nSPS) is 11.8. The summed E-state index contributed by atoms with van der Waals surface area (Å²) in [4.78, 5) is 22.9. The molecule has 0 aliphatic rings. The second-order valence-corrected chi connectivity index (χ2v) is 4.44. The molecule has 104 valence electrons. The summed E-state index contributed by atoms with van der Waals surface area (Å²) in [5.41, 5.74) is 0.678. The van der Waals surface area contributed by atoms with E-state index in [0.717, 1.165) is 5.56 Å². The topological polar surface area (TPSA) is 78.4 Å². The number of hydrogen-bond acceptors (Lipinski definition) is 3. The minimum Gasteiger partial charge on any atom is -0.396 e. The van der Waals surface area contributed by atoms with Crippen LogP contribution in [0, 0.1) is 18.7 Å². The van der Waals surface area contributed by atoms with Crippen LogP contribution in [-0.2, 0) is 9.59 Å². The maximum Gasteiger partial charge on any atom is 0.313 e. The second-order valence-electron chi connectivity index (χ2n) is 4.44. The zero-order valence-corrected chi connectivity index (χ0v) is 10.9. The lowest BCUT2D eigenvalue weighted by atomic mass is 10.2. The third-order valence-electron chi connectivity index (χ3n) is 2.50. The summed E-state index contributed by atoms with van der Waals surface area (Å²) in [7, 11) is 0. The molecule has 6 heteroatoms. The van der Waals surface area contributed by atoms with Crippen LogP contribution in [0.3, 0.4) is 0 Å². The Labute approximate surface area is 110 Å². The van der Waals surface area contributed by atoms with Crippen molar-refractivity contribution in [1.82, 2.24) is 5.32 Å². The molecular formula is C13H17FN2O3. The van der Waals surface area contributed by atoms with Gasteiger partial charge in [0.15, 0.2) is 0 Å². The fourth-order valence-corrected chi connectivity index (χ4v) is 1.31. The molecule has 5 nitrogen and oxygen atoms in total. The fourth-order valence-electron chi connectivity index (χ4n) is 1.31. The van der Waals surface area contributed by atoms with Crippen LogP contribution in [0.4, 0.5) is 10.1 Å². The first kappa shape index (κ1) is 15.1. The monoisotopic (exact) mass is 268 g/mol. The smallest absolute Gasteiger partial charge is 0.313 e. The first-order valence-corrected chi connectivity index (χ1v) is 5.90. The zero-order valence-electron chi connectivity index (χ0n) is 10.9. The molecule has 0 saturated heterocycles. The molecule has 2 amide bonds. The lowest BCUT2D eigenvalue weighted by Gasteiger charge is -2.10. The number of carbonyl (C=O) groups is 2. The van der Waals surface area contributed by atoms with Crippen molar-refractivity contribution in [2.45, 2.75) is 13.8 Å². The number of aliphatic hydroxyl groups is 1. The van der Waals surface area contributed by atoms with E-state index in [0.29, 0.717) is 0 Å². The van der Waals surface area contributed by atoms with E-state index >= 15 is 0 Å². The highest BCUT2D eigenvalue weighted by atomic mass is 19.1. The summed E-state index contributed by atoms with van der Waals surface area (Å²) in [5, 5.41) is 13.3. The van der Waals surface area contributed by atoms with Gasteiger partial charge >= 0.3 is 11.8 Å². The molecule has 1 aromatic carbocycles. The van der Waals surface area contributed by atoms with Gasteiger partial charge < -0.3 is 15.7 Å². The van der Waals surface area contributed by atoms with Gasteiger partial charge in [-0.1, -0.05) is 13.0 Å². The van der Waals surface area contributed by atoms with Gasteiger partial charge in [-0.05, 0) is 30.5 Å². The maximum atomic E-state index is 13.5. The summed E-state index contributed by atoms with van der Waals surface area (Å²) in [6.45, 7) is 3.53. The highest BCUT2D eigenvalue weighted by Gasteiger charge is 2.16. The lowest BCUT2D eigenvalue weighted by Crippen LogP contribution is -2.38. The molecule has 0 heterocycles. The number of halogens is 1. The van der Waals surface area contributed by atoms with Crippen LogP contribution in [-0.4, -0.2) is 30.1 Å². The van der Waals surface area contributed by atoms with E-state index in [-0.39, 0.29) is 24.8 Å². The number of hydrogen-bond donors (Lipinski definition) is 3. The molecule has 0 radical (unpaired) electrons. The van der Waals surface area contributed by atoms with Gasteiger partial charge in [0.1, 0.15) is 5.82 Å². The van der Waals surface area contributed by atoms with E-state index in [1.54, 1.807) is 19.9 Å². The molecule has 0 bridgehead atoms. The number of nitrogens with one attached hydrogen (secondary N) is 2. The van der Waals surface area contributed by atoms with Crippen LogP contribution in [0.25, 0.3) is 0 Å². The molecule has 3 N–H and O–H groups in total. The van der Waals surface area contributed by atoms with E-state index in [4.69, 9.17) is 5.11 Å². The molecule has 1 atom stereocenters. The van der Waals surface area contributed by atoms with Gasteiger partial charge in [-0.3, -0.25) is 9.59 Å². The van der Waals surface area contributed by atoms with Crippen molar-refractivity contribution in [3.05, 3.63) is 29.6 Å². The average Bonchev–Trinajstić information content (AvgIpc) is 2.38. The van der Waals surface area contributed by atoms with Gasteiger partial charge in [0.25, 0.3) is 0 Å². The van der Waals surface area contributed by atoms with E-state index in [1.807, 2.05) is 0 Å².